The van der Waals surface area contributed by atoms with Gasteiger partial charge >= 0.3 is 11.9 Å². The molecular weight excluding hydrogens is 216 g/mol. The maximum absolute atomic E-state index is 11.7. The first-order valence-electron chi connectivity index (χ1n) is 5.09. The van der Waals surface area contributed by atoms with E-state index in [0.29, 0.717) is 25.4 Å². The van der Waals surface area contributed by atoms with Crippen LogP contribution in [0.5, 0.6) is 0 Å². The van der Waals surface area contributed by atoms with E-state index in [4.69, 9.17) is 9.47 Å². The third-order valence-electron chi connectivity index (χ3n) is 2.35. The van der Waals surface area contributed by atoms with Gasteiger partial charge in [-0.25, -0.2) is 0 Å². The minimum atomic E-state index is -1.04. The van der Waals surface area contributed by atoms with Crippen molar-refractivity contribution in [2.45, 2.75) is 20.3 Å². The number of esters is 2. The van der Waals surface area contributed by atoms with Gasteiger partial charge in [-0.15, -0.1) is 0 Å². The molecule has 1 aliphatic rings. The summed E-state index contributed by atoms with van der Waals surface area (Å²) in [5.74, 6) is 0.407. The standard InChI is InChI=1S/C10H16O4S/c1-3-13-8(11)10(5-6-15-7-10)9(12)14-4-2/h3-7H2,1-2H3. The van der Waals surface area contributed by atoms with Gasteiger partial charge in [-0.2, -0.15) is 11.8 Å². The van der Waals surface area contributed by atoms with Gasteiger partial charge in [-0.1, -0.05) is 0 Å². The number of carbonyl (C=O) groups excluding carboxylic acids is 2. The Bertz CT molecular complexity index is 226. The average molecular weight is 232 g/mol. The second-order valence-electron chi connectivity index (χ2n) is 3.33. The third kappa shape index (κ3) is 2.45. The van der Waals surface area contributed by atoms with Crippen molar-refractivity contribution in [3.05, 3.63) is 0 Å². The summed E-state index contributed by atoms with van der Waals surface area (Å²) >= 11 is 1.59. The van der Waals surface area contributed by atoms with E-state index in [1.807, 2.05) is 0 Å². The van der Waals surface area contributed by atoms with Crippen LogP contribution in [0.25, 0.3) is 0 Å². The lowest BCUT2D eigenvalue weighted by molar-refractivity contribution is -0.169. The Morgan fingerprint density at radius 3 is 2.07 bits per heavy atom. The molecule has 1 saturated heterocycles. The van der Waals surface area contributed by atoms with E-state index in [-0.39, 0.29) is 0 Å². The highest BCUT2D eigenvalue weighted by molar-refractivity contribution is 7.99. The Hall–Kier alpha value is -0.710. The van der Waals surface area contributed by atoms with Gasteiger partial charge in [0.25, 0.3) is 0 Å². The molecule has 1 rings (SSSR count). The van der Waals surface area contributed by atoms with Crippen LogP contribution in [0.3, 0.4) is 0 Å². The van der Waals surface area contributed by atoms with Crippen LogP contribution < -0.4 is 0 Å². The summed E-state index contributed by atoms with van der Waals surface area (Å²) in [5.41, 5.74) is -1.04. The van der Waals surface area contributed by atoms with Crippen molar-refractivity contribution in [2.75, 3.05) is 24.7 Å². The van der Waals surface area contributed by atoms with Crippen LogP contribution in [0.15, 0.2) is 0 Å². The van der Waals surface area contributed by atoms with E-state index in [1.54, 1.807) is 25.6 Å². The van der Waals surface area contributed by atoms with E-state index >= 15 is 0 Å². The van der Waals surface area contributed by atoms with E-state index < -0.39 is 17.4 Å². The van der Waals surface area contributed by atoms with Crippen molar-refractivity contribution < 1.29 is 19.1 Å². The lowest BCUT2D eigenvalue weighted by Crippen LogP contribution is -2.42. The first-order chi connectivity index (χ1) is 7.17. The van der Waals surface area contributed by atoms with Gasteiger partial charge in [0.2, 0.25) is 0 Å². The number of thioether (sulfide) groups is 1. The molecule has 0 unspecified atom stereocenters. The van der Waals surface area contributed by atoms with E-state index in [1.165, 1.54) is 0 Å². The molecule has 0 radical (unpaired) electrons. The van der Waals surface area contributed by atoms with Crippen LogP contribution >= 0.6 is 11.8 Å². The highest BCUT2D eigenvalue weighted by Crippen LogP contribution is 2.38. The van der Waals surface area contributed by atoms with Gasteiger partial charge in [-0.3, -0.25) is 9.59 Å². The van der Waals surface area contributed by atoms with E-state index in [9.17, 15) is 9.59 Å². The SMILES string of the molecule is CCOC(=O)C1(C(=O)OCC)CCSC1. The predicted molar refractivity (Wildman–Crippen MR) is 57.6 cm³/mol. The molecule has 1 aliphatic heterocycles. The van der Waals surface area contributed by atoms with Crippen LogP contribution in [0.1, 0.15) is 20.3 Å². The van der Waals surface area contributed by atoms with Gasteiger partial charge in [0, 0.05) is 5.75 Å². The Balaban J connectivity index is 2.78. The van der Waals surface area contributed by atoms with Gasteiger partial charge in [0.15, 0.2) is 5.41 Å². The fourth-order valence-electron chi connectivity index (χ4n) is 1.51. The number of hydrogen-bond acceptors (Lipinski definition) is 5. The monoisotopic (exact) mass is 232 g/mol. The highest BCUT2D eigenvalue weighted by Gasteiger charge is 2.51. The molecule has 0 atom stereocenters. The number of rotatable bonds is 4. The normalized spacial score (nSPS) is 18.5. The molecule has 0 N–H and O–H groups in total. The van der Waals surface area contributed by atoms with Crippen molar-refractivity contribution >= 4 is 23.7 Å². The van der Waals surface area contributed by atoms with Crippen molar-refractivity contribution in [3.63, 3.8) is 0 Å². The molecule has 0 bridgehead atoms. The summed E-state index contributed by atoms with van der Waals surface area (Å²) < 4.78 is 9.89. The summed E-state index contributed by atoms with van der Waals surface area (Å²) in [4.78, 5) is 23.5. The van der Waals surface area contributed by atoms with Crippen LogP contribution in [-0.2, 0) is 19.1 Å². The zero-order chi connectivity index (χ0) is 11.3. The molecule has 15 heavy (non-hydrogen) atoms. The average Bonchev–Trinajstić information content (AvgIpc) is 2.68. The summed E-state index contributed by atoms with van der Waals surface area (Å²) in [6.07, 6.45) is 0.523. The number of hydrogen-bond donors (Lipinski definition) is 0. The molecular formula is C10H16O4S. The molecule has 5 heteroatoms. The molecule has 0 saturated carbocycles. The molecule has 0 aromatic rings. The van der Waals surface area contributed by atoms with Crippen LogP contribution in [0.4, 0.5) is 0 Å². The summed E-state index contributed by atoms with van der Waals surface area (Å²) in [6, 6.07) is 0. The molecule has 1 fully saturated rings. The highest BCUT2D eigenvalue weighted by atomic mass is 32.2. The summed E-state index contributed by atoms with van der Waals surface area (Å²) in [7, 11) is 0. The second-order valence-corrected chi connectivity index (χ2v) is 4.43. The predicted octanol–water partition coefficient (Wildman–Crippen LogP) is 1.24. The van der Waals surface area contributed by atoms with Crippen molar-refractivity contribution in [2.24, 2.45) is 5.41 Å². The Morgan fingerprint density at radius 1 is 1.20 bits per heavy atom. The lowest BCUT2D eigenvalue weighted by atomic mass is 9.88. The molecule has 0 aliphatic carbocycles. The molecule has 4 nitrogen and oxygen atoms in total. The molecule has 0 spiro atoms. The lowest BCUT2D eigenvalue weighted by Gasteiger charge is -2.22. The third-order valence-corrected chi connectivity index (χ3v) is 3.54. The topological polar surface area (TPSA) is 52.6 Å². The summed E-state index contributed by atoms with van der Waals surface area (Å²) in [5, 5.41) is 0. The number of carbonyl (C=O) groups is 2. The van der Waals surface area contributed by atoms with Gasteiger partial charge in [0.05, 0.1) is 13.2 Å². The maximum atomic E-state index is 11.7. The molecule has 0 aromatic carbocycles. The quantitative estimate of drug-likeness (QED) is 0.539. The van der Waals surface area contributed by atoms with Crippen molar-refractivity contribution in [1.29, 1.82) is 0 Å². The van der Waals surface area contributed by atoms with E-state index in [2.05, 4.69) is 0 Å². The molecule has 86 valence electrons. The fourth-order valence-corrected chi connectivity index (χ4v) is 2.87. The Morgan fingerprint density at radius 2 is 1.73 bits per heavy atom. The molecule has 0 aromatic heterocycles. The largest absolute Gasteiger partial charge is 0.465 e. The van der Waals surface area contributed by atoms with Crippen LogP contribution in [0, 0.1) is 5.41 Å². The van der Waals surface area contributed by atoms with Gasteiger partial charge in [-0.05, 0) is 26.0 Å². The Kier molecular flexibility index (Phi) is 4.45. The minimum Gasteiger partial charge on any atom is -0.465 e. The van der Waals surface area contributed by atoms with Gasteiger partial charge < -0.3 is 9.47 Å². The van der Waals surface area contributed by atoms with Gasteiger partial charge in [0.1, 0.15) is 0 Å². The zero-order valence-corrected chi connectivity index (χ0v) is 9.89. The second kappa shape index (κ2) is 5.39. The number of ether oxygens (including phenoxy) is 2. The smallest absolute Gasteiger partial charge is 0.324 e. The molecule has 1 heterocycles. The minimum absolute atomic E-state index is 0.296. The van der Waals surface area contributed by atoms with Crippen molar-refractivity contribution in [1.82, 2.24) is 0 Å². The van der Waals surface area contributed by atoms with Crippen LogP contribution in [0.2, 0.25) is 0 Å². The van der Waals surface area contributed by atoms with E-state index in [0.717, 1.165) is 5.75 Å². The first-order valence-corrected chi connectivity index (χ1v) is 6.25. The zero-order valence-electron chi connectivity index (χ0n) is 9.08. The fraction of sp³-hybridized carbons (Fsp3) is 0.800. The summed E-state index contributed by atoms with van der Waals surface area (Å²) in [6.45, 7) is 4.06. The Labute approximate surface area is 93.7 Å². The first kappa shape index (κ1) is 12.4. The van der Waals surface area contributed by atoms with Crippen molar-refractivity contribution in [3.8, 4) is 0 Å². The maximum Gasteiger partial charge on any atom is 0.324 e. The van der Waals surface area contributed by atoms with Crippen LogP contribution in [-0.4, -0.2) is 36.7 Å². The molecule has 0 amide bonds.